The van der Waals surface area contributed by atoms with Crippen molar-refractivity contribution in [3.05, 3.63) is 33.1 Å². The molecule has 1 aromatic carbocycles. The highest BCUT2D eigenvalue weighted by Crippen LogP contribution is 2.37. The topological polar surface area (TPSA) is 54.1 Å². The average Bonchev–Trinajstić information content (AvgIpc) is 3.17. The van der Waals surface area contributed by atoms with E-state index < -0.39 is 8.32 Å². The molecular weight excluding hydrogens is 507 g/mol. The second-order valence-corrected chi connectivity index (χ2v) is 14.7. The van der Waals surface area contributed by atoms with E-state index in [-0.39, 0.29) is 5.04 Å². The Hall–Kier alpha value is -1.10. The van der Waals surface area contributed by atoms with E-state index in [2.05, 4.69) is 66.8 Å². The summed E-state index contributed by atoms with van der Waals surface area (Å²) in [5.41, 5.74) is 0.943. The zero-order valence-electron chi connectivity index (χ0n) is 17.1. The Morgan fingerprint density at radius 1 is 1.21 bits per heavy atom. The van der Waals surface area contributed by atoms with E-state index in [4.69, 9.17) is 20.8 Å². The first-order valence-electron chi connectivity index (χ1n) is 9.12. The molecule has 0 amide bonds. The van der Waals surface area contributed by atoms with E-state index in [1.54, 1.807) is 7.11 Å². The molecule has 0 spiro atoms. The summed E-state index contributed by atoms with van der Waals surface area (Å²) in [6, 6.07) is 3.74. The number of benzene rings is 1. The van der Waals surface area contributed by atoms with Crippen LogP contribution in [-0.4, -0.2) is 41.6 Å². The number of nitrogens with zero attached hydrogens (tertiary/aromatic N) is 4. The van der Waals surface area contributed by atoms with E-state index >= 15 is 0 Å². The maximum Gasteiger partial charge on any atom is 0.192 e. The molecule has 0 atom stereocenters. The molecule has 0 N–H and O–H groups in total. The van der Waals surface area contributed by atoms with Crippen molar-refractivity contribution in [3.8, 4) is 11.6 Å². The lowest BCUT2D eigenvalue weighted by Crippen LogP contribution is -2.41. The third kappa shape index (κ3) is 4.24. The molecule has 2 heterocycles. The first-order valence-corrected chi connectivity index (χ1v) is 13.5. The Labute approximate surface area is 185 Å². The van der Waals surface area contributed by atoms with Crippen molar-refractivity contribution in [1.29, 1.82) is 0 Å². The van der Waals surface area contributed by atoms with Crippen LogP contribution in [0.25, 0.3) is 16.7 Å². The lowest BCUT2D eigenvalue weighted by atomic mass is 10.2. The van der Waals surface area contributed by atoms with Gasteiger partial charge in [0.15, 0.2) is 14.1 Å². The predicted octanol–water partition coefficient (Wildman–Crippen LogP) is 5.51. The quantitative estimate of drug-likeness (QED) is 0.310. The summed E-state index contributed by atoms with van der Waals surface area (Å²) >= 11 is 8.57. The molecule has 0 aliphatic carbocycles. The molecule has 3 rings (SSSR count). The van der Waals surface area contributed by atoms with Gasteiger partial charge in [-0.05, 0) is 52.9 Å². The molecule has 9 heteroatoms. The molecule has 0 saturated carbocycles. The van der Waals surface area contributed by atoms with Crippen molar-refractivity contribution in [2.24, 2.45) is 0 Å². The highest BCUT2D eigenvalue weighted by atomic mass is 127. The van der Waals surface area contributed by atoms with Crippen LogP contribution < -0.4 is 4.74 Å². The number of halogens is 2. The zero-order valence-corrected chi connectivity index (χ0v) is 21.0. The summed E-state index contributed by atoms with van der Waals surface area (Å²) in [4.78, 5) is 0. The van der Waals surface area contributed by atoms with Gasteiger partial charge in [0.2, 0.25) is 0 Å². The van der Waals surface area contributed by atoms with Gasteiger partial charge in [-0.3, -0.25) is 4.57 Å². The zero-order chi connectivity index (χ0) is 20.7. The van der Waals surface area contributed by atoms with Crippen molar-refractivity contribution in [2.75, 3.05) is 13.7 Å². The summed E-state index contributed by atoms with van der Waals surface area (Å²) in [5, 5.41) is 10.4. The average molecular weight is 533 g/mol. The third-order valence-electron chi connectivity index (χ3n) is 5.37. The van der Waals surface area contributed by atoms with Crippen LogP contribution in [0, 0.1) is 3.57 Å². The molecular formula is C19H26ClIN4O2Si. The SMILES string of the molecule is COc1cc(Cl)cc2c1c(I)cn2-c1cn(CCO[Si](C)(C)C(C)(C)C)nn1. The first-order chi connectivity index (χ1) is 13.0. The molecule has 0 unspecified atom stereocenters. The summed E-state index contributed by atoms with van der Waals surface area (Å²) in [6.45, 7) is 12.5. The van der Waals surface area contributed by atoms with Crippen LogP contribution in [0.2, 0.25) is 23.2 Å². The number of methoxy groups -OCH3 is 1. The number of rotatable bonds is 6. The van der Waals surface area contributed by atoms with Crippen LogP contribution in [-0.2, 0) is 11.0 Å². The van der Waals surface area contributed by atoms with Gasteiger partial charge in [0.1, 0.15) is 5.75 Å². The standard InChI is InChI=1S/C19H26ClIN4O2Si/c1-19(2,3)28(5,6)27-8-7-24-12-17(22-23-24)25-11-14(21)18-15(25)9-13(20)10-16(18)26-4/h9-12H,7-8H2,1-6H3. The van der Waals surface area contributed by atoms with Crippen LogP contribution in [0.1, 0.15) is 20.8 Å². The molecule has 0 bridgehead atoms. The number of aromatic nitrogens is 4. The van der Waals surface area contributed by atoms with Crippen LogP contribution in [0.5, 0.6) is 5.75 Å². The number of hydrogen-bond donors (Lipinski definition) is 0. The molecule has 0 fully saturated rings. The lowest BCUT2D eigenvalue weighted by molar-refractivity contribution is 0.264. The van der Waals surface area contributed by atoms with Crippen LogP contribution in [0.3, 0.4) is 0 Å². The van der Waals surface area contributed by atoms with Gasteiger partial charge < -0.3 is 9.16 Å². The summed E-state index contributed by atoms with van der Waals surface area (Å²) < 4.78 is 16.6. The van der Waals surface area contributed by atoms with E-state index in [1.165, 1.54) is 0 Å². The minimum absolute atomic E-state index is 0.194. The Morgan fingerprint density at radius 2 is 1.93 bits per heavy atom. The van der Waals surface area contributed by atoms with E-state index in [0.717, 1.165) is 26.0 Å². The van der Waals surface area contributed by atoms with Gasteiger partial charge in [0.05, 0.1) is 37.4 Å². The van der Waals surface area contributed by atoms with Crippen LogP contribution in [0.15, 0.2) is 24.5 Å². The van der Waals surface area contributed by atoms with Gasteiger partial charge in [-0.1, -0.05) is 37.6 Å². The molecule has 152 valence electrons. The molecule has 2 aromatic heterocycles. The summed E-state index contributed by atoms with van der Waals surface area (Å²) in [6.07, 6.45) is 3.95. The second-order valence-electron chi connectivity index (χ2n) is 8.30. The van der Waals surface area contributed by atoms with Crippen molar-refractivity contribution in [3.63, 3.8) is 0 Å². The Morgan fingerprint density at radius 3 is 2.57 bits per heavy atom. The molecule has 0 aliphatic rings. The summed E-state index contributed by atoms with van der Waals surface area (Å²) in [5.74, 6) is 1.49. The highest BCUT2D eigenvalue weighted by Gasteiger charge is 2.36. The van der Waals surface area contributed by atoms with Gasteiger partial charge in [-0.25, -0.2) is 4.68 Å². The monoisotopic (exact) mass is 532 g/mol. The molecule has 0 radical (unpaired) electrons. The molecule has 0 saturated heterocycles. The first kappa shape index (κ1) is 21.6. The maximum absolute atomic E-state index is 6.27. The Balaban J connectivity index is 1.82. The van der Waals surface area contributed by atoms with Crippen molar-refractivity contribution >= 4 is 53.4 Å². The fraction of sp³-hybridized carbons (Fsp3) is 0.474. The third-order valence-corrected chi connectivity index (χ3v) is 10.9. The van der Waals surface area contributed by atoms with Gasteiger partial charge in [0.25, 0.3) is 0 Å². The lowest BCUT2D eigenvalue weighted by Gasteiger charge is -2.36. The van der Waals surface area contributed by atoms with Gasteiger partial charge in [-0.15, -0.1) is 5.10 Å². The number of fused-ring (bicyclic) bond motifs is 1. The molecule has 0 aliphatic heterocycles. The highest BCUT2D eigenvalue weighted by molar-refractivity contribution is 14.1. The smallest absolute Gasteiger partial charge is 0.192 e. The van der Waals surface area contributed by atoms with Crippen molar-refractivity contribution in [1.82, 2.24) is 19.6 Å². The van der Waals surface area contributed by atoms with E-state index in [1.807, 2.05) is 33.8 Å². The van der Waals surface area contributed by atoms with Crippen molar-refractivity contribution in [2.45, 2.75) is 45.4 Å². The van der Waals surface area contributed by atoms with Gasteiger partial charge in [0, 0.05) is 14.8 Å². The van der Waals surface area contributed by atoms with E-state index in [9.17, 15) is 0 Å². The number of hydrogen-bond acceptors (Lipinski definition) is 4. The summed E-state index contributed by atoms with van der Waals surface area (Å²) in [7, 11) is -0.112. The van der Waals surface area contributed by atoms with Gasteiger partial charge >= 0.3 is 0 Å². The largest absolute Gasteiger partial charge is 0.496 e. The van der Waals surface area contributed by atoms with Crippen molar-refractivity contribution < 1.29 is 9.16 Å². The second kappa shape index (κ2) is 7.96. The molecule has 3 aromatic rings. The molecule has 28 heavy (non-hydrogen) atoms. The van der Waals surface area contributed by atoms with E-state index in [0.29, 0.717) is 18.2 Å². The van der Waals surface area contributed by atoms with Gasteiger partial charge in [-0.2, -0.15) is 0 Å². The normalized spacial score (nSPS) is 12.7. The van der Waals surface area contributed by atoms with Crippen LogP contribution in [0.4, 0.5) is 0 Å². The fourth-order valence-corrected chi connectivity index (χ4v) is 4.77. The maximum atomic E-state index is 6.27. The minimum atomic E-state index is -1.76. The minimum Gasteiger partial charge on any atom is -0.496 e. The van der Waals surface area contributed by atoms with Crippen LogP contribution >= 0.6 is 34.2 Å². The fourth-order valence-electron chi connectivity index (χ4n) is 2.71. The molecule has 6 nitrogen and oxygen atoms in total. The Bertz CT molecular complexity index is 994. The number of ether oxygens (including phenoxy) is 1. The Kier molecular flexibility index (Phi) is 6.14. The predicted molar refractivity (Wildman–Crippen MR) is 124 cm³/mol.